The molecule has 2 N–H and O–H groups in total. The van der Waals surface area contributed by atoms with Gasteiger partial charge in [-0.2, -0.15) is 0 Å². The van der Waals surface area contributed by atoms with E-state index in [1.54, 1.807) is 32.7 Å². The lowest BCUT2D eigenvalue weighted by Crippen LogP contribution is -2.48. The molecule has 0 heterocycles. The number of guanidine groups is 1. The highest BCUT2D eigenvalue weighted by atomic mass is 35.5. The van der Waals surface area contributed by atoms with E-state index in [9.17, 15) is 8.42 Å². The van der Waals surface area contributed by atoms with Crippen LogP contribution in [0.1, 0.15) is 13.8 Å². The van der Waals surface area contributed by atoms with Crippen LogP contribution in [0.2, 0.25) is 5.02 Å². The van der Waals surface area contributed by atoms with Gasteiger partial charge in [0.2, 0.25) is 0 Å². The van der Waals surface area contributed by atoms with Crippen molar-refractivity contribution in [3.05, 3.63) is 29.3 Å². The number of nitrogens with one attached hydrogen (secondary N) is 2. The molecule has 23 heavy (non-hydrogen) atoms. The van der Waals surface area contributed by atoms with Crippen LogP contribution in [0, 0.1) is 0 Å². The maximum absolute atomic E-state index is 11.7. The Balaban J connectivity index is 2.36. The average Bonchev–Trinajstić information content (AvgIpc) is 2.47. The molecule has 5 nitrogen and oxygen atoms in total. The molecule has 0 bridgehead atoms. The molecule has 130 valence electrons. The Morgan fingerprint density at radius 2 is 1.87 bits per heavy atom. The van der Waals surface area contributed by atoms with Crippen molar-refractivity contribution < 1.29 is 8.42 Å². The summed E-state index contributed by atoms with van der Waals surface area (Å²) in [6, 6.07) is 7.69. The number of benzene rings is 1. The van der Waals surface area contributed by atoms with Gasteiger partial charge in [0.1, 0.15) is 0 Å². The summed E-state index contributed by atoms with van der Waals surface area (Å²) in [6.07, 6.45) is 1.24. The lowest BCUT2D eigenvalue weighted by atomic mass is 10.2. The van der Waals surface area contributed by atoms with Crippen molar-refractivity contribution in [3.8, 4) is 0 Å². The lowest BCUT2D eigenvalue weighted by molar-refractivity contribution is 0.544. The van der Waals surface area contributed by atoms with Crippen LogP contribution in [0.5, 0.6) is 0 Å². The minimum atomic E-state index is -3.13. The Kier molecular flexibility index (Phi) is 7.70. The van der Waals surface area contributed by atoms with Crippen LogP contribution in [0.25, 0.3) is 0 Å². The topological polar surface area (TPSA) is 70.6 Å². The Morgan fingerprint density at radius 3 is 2.39 bits per heavy atom. The van der Waals surface area contributed by atoms with Gasteiger partial charge < -0.3 is 10.6 Å². The van der Waals surface area contributed by atoms with E-state index in [0.717, 1.165) is 15.7 Å². The zero-order valence-corrected chi connectivity index (χ0v) is 16.3. The quantitative estimate of drug-likeness (QED) is 0.330. The lowest BCUT2D eigenvalue weighted by Gasteiger charge is -2.24. The van der Waals surface area contributed by atoms with Gasteiger partial charge in [-0.25, -0.2) is 8.42 Å². The summed E-state index contributed by atoms with van der Waals surface area (Å²) in [4.78, 5) is 5.25. The first-order chi connectivity index (χ1) is 10.7. The van der Waals surface area contributed by atoms with Crippen molar-refractivity contribution >= 4 is 39.2 Å². The second-order valence-electron chi connectivity index (χ2n) is 5.69. The molecule has 0 atom stereocenters. The highest BCUT2D eigenvalue weighted by molar-refractivity contribution is 7.99. The van der Waals surface area contributed by atoms with E-state index in [2.05, 4.69) is 15.6 Å². The van der Waals surface area contributed by atoms with Crippen LogP contribution in [0.4, 0.5) is 0 Å². The minimum Gasteiger partial charge on any atom is -0.356 e. The molecule has 0 aliphatic heterocycles. The molecule has 0 radical (unpaired) electrons. The molecular formula is C15H24ClN3O2S2. The third-order valence-corrected chi connectivity index (χ3v) is 6.80. The van der Waals surface area contributed by atoms with Gasteiger partial charge in [0.25, 0.3) is 0 Å². The normalized spacial score (nSPS) is 13.0. The minimum absolute atomic E-state index is 0.301. The molecule has 0 aliphatic rings. The summed E-state index contributed by atoms with van der Waals surface area (Å²) in [6.45, 7) is 4.40. The second-order valence-corrected chi connectivity index (χ2v) is 9.94. The average molecular weight is 378 g/mol. The van der Waals surface area contributed by atoms with Gasteiger partial charge in [-0.3, -0.25) is 4.99 Å². The Morgan fingerprint density at radius 1 is 1.26 bits per heavy atom. The van der Waals surface area contributed by atoms with Crippen LogP contribution >= 0.6 is 23.4 Å². The number of sulfone groups is 1. The second kappa shape index (κ2) is 8.80. The molecule has 0 fully saturated rings. The molecule has 0 amide bonds. The van der Waals surface area contributed by atoms with Gasteiger partial charge in [0.05, 0.1) is 4.75 Å². The van der Waals surface area contributed by atoms with Crippen LogP contribution in [0.15, 0.2) is 34.2 Å². The smallest absolute Gasteiger partial charge is 0.191 e. The van der Waals surface area contributed by atoms with Gasteiger partial charge in [-0.1, -0.05) is 11.6 Å². The summed E-state index contributed by atoms with van der Waals surface area (Å²) in [5.41, 5.74) is 0. The largest absolute Gasteiger partial charge is 0.356 e. The summed E-state index contributed by atoms with van der Waals surface area (Å²) in [7, 11) is -1.47. The van der Waals surface area contributed by atoms with E-state index in [1.807, 2.05) is 24.3 Å². The van der Waals surface area contributed by atoms with Gasteiger partial charge in [0, 0.05) is 42.1 Å². The maximum Gasteiger partial charge on any atom is 0.191 e. The van der Waals surface area contributed by atoms with Crippen molar-refractivity contribution in [1.29, 1.82) is 0 Å². The van der Waals surface area contributed by atoms with E-state index >= 15 is 0 Å². The first kappa shape index (κ1) is 20.1. The first-order valence-electron chi connectivity index (χ1n) is 7.18. The molecule has 0 spiro atoms. The number of aliphatic imine (C=N–C) groups is 1. The monoisotopic (exact) mass is 377 g/mol. The maximum atomic E-state index is 11.7. The van der Waals surface area contributed by atoms with Crippen molar-refractivity contribution in [2.75, 3.05) is 32.1 Å². The Bertz CT molecular complexity index is 629. The molecule has 8 heteroatoms. The van der Waals surface area contributed by atoms with Crippen molar-refractivity contribution in [2.24, 2.45) is 4.99 Å². The molecule has 1 aromatic rings. The zero-order chi connectivity index (χ0) is 17.5. The highest BCUT2D eigenvalue weighted by Crippen LogP contribution is 2.19. The Hall–Kier alpha value is -0.920. The van der Waals surface area contributed by atoms with Gasteiger partial charge in [-0.15, -0.1) is 11.8 Å². The van der Waals surface area contributed by atoms with Gasteiger partial charge in [0.15, 0.2) is 15.8 Å². The first-order valence-corrected chi connectivity index (χ1v) is 10.4. The Labute approximate surface area is 148 Å². The van der Waals surface area contributed by atoms with Gasteiger partial charge in [-0.05, 0) is 38.1 Å². The van der Waals surface area contributed by atoms with E-state index in [1.165, 1.54) is 6.26 Å². The fourth-order valence-electron chi connectivity index (χ4n) is 1.52. The molecular weight excluding hydrogens is 354 g/mol. The number of thioether (sulfide) groups is 1. The van der Waals surface area contributed by atoms with E-state index < -0.39 is 14.6 Å². The molecule has 0 saturated carbocycles. The highest BCUT2D eigenvalue weighted by Gasteiger charge is 2.30. The number of nitrogens with zero attached hydrogens (tertiary/aromatic N) is 1. The summed E-state index contributed by atoms with van der Waals surface area (Å²) in [5.74, 6) is 1.45. The van der Waals surface area contributed by atoms with Crippen LogP contribution in [-0.2, 0) is 9.84 Å². The van der Waals surface area contributed by atoms with Crippen molar-refractivity contribution in [1.82, 2.24) is 10.6 Å². The summed E-state index contributed by atoms with van der Waals surface area (Å²) >= 11 is 7.56. The third-order valence-electron chi connectivity index (χ3n) is 3.39. The predicted molar refractivity (Wildman–Crippen MR) is 100 cm³/mol. The SMILES string of the molecule is CN=C(NCCSc1ccc(Cl)cc1)NCC(C)(C)S(C)(=O)=O. The fourth-order valence-corrected chi connectivity index (χ4v) is 2.75. The number of hydrogen-bond acceptors (Lipinski definition) is 4. The van der Waals surface area contributed by atoms with Crippen molar-refractivity contribution in [2.45, 2.75) is 23.5 Å². The van der Waals surface area contributed by atoms with E-state index in [-0.39, 0.29) is 0 Å². The third kappa shape index (κ3) is 7.01. The predicted octanol–water partition coefficient (Wildman–Crippen LogP) is 2.42. The van der Waals surface area contributed by atoms with Crippen LogP contribution < -0.4 is 10.6 Å². The van der Waals surface area contributed by atoms with E-state index in [0.29, 0.717) is 19.0 Å². The molecule has 1 rings (SSSR count). The summed E-state index contributed by atoms with van der Waals surface area (Å²) in [5, 5.41) is 6.96. The molecule has 0 unspecified atom stereocenters. The number of hydrogen-bond donors (Lipinski definition) is 2. The molecule has 0 aliphatic carbocycles. The summed E-state index contributed by atoms with van der Waals surface area (Å²) < 4.78 is 22.5. The zero-order valence-electron chi connectivity index (χ0n) is 13.9. The molecule has 0 saturated heterocycles. The molecule has 1 aromatic carbocycles. The molecule has 0 aromatic heterocycles. The number of rotatable bonds is 7. The fraction of sp³-hybridized carbons (Fsp3) is 0.533. The van der Waals surface area contributed by atoms with E-state index in [4.69, 9.17) is 11.6 Å². The standard InChI is InChI=1S/C15H24ClN3O2S2/c1-15(2,23(4,20)21)11-19-14(17-3)18-9-10-22-13-7-5-12(16)6-8-13/h5-8H,9-11H2,1-4H3,(H2,17,18,19). The van der Waals surface area contributed by atoms with Crippen LogP contribution in [0.3, 0.4) is 0 Å². The number of halogens is 1. The van der Waals surface area contributed by atoms with Crippen LogP contribution in [-0.4, -0.2) is 51.3 Å². The van der Waals surface area contributed by atoms with Gasteiger partial charge >= 0.3 is 0 Å². The van der Waals surface area contributed by atoms with Crippen molar-refractivity contribution in [3.63, 3.8) is 0 Å².